The first kappa shape index (κ1) is 17.4. The van der Waals surface area contributed by atoms with Crippen LogP contribution >= 0.6 is 0 Å². The monoisotopic (exact) mass is 345 g/mol. The average Bonchev–Trinajstić information content (AvgIpc) is 2.72. The van der Waals surface area contributed by atoms with Crippen molar-refractivity contribution in [2.45, 2.75) is 6.61 Å². The minimum Gasteiger partial charge on any atom is -0.488 e. The molecular formula is C22H19NO3. The van der Waals surface area contributed by atoms with Crippen LogP contribution in [0.2, 0.25) is 0 Å². The molecule has 0 saturated heterocycles. The molecule has 0 aliphatic heterocycles. The summed E-state index contributed by atoms with van der Waals surface area (Å²) in [7, 11) is 1.35. The average molecular weight is 345 g/mol. The molecule has 0 bridgehead atoms. The van der Waals surface area contributed by atoms with Gasteiger partial charge in [0.05, 0.1) is 18.4 Å². The number of methoxy groups -OCH3 is 1. The fourth-order valence-electron chi connectivity index (χ4n) is 2.40. The first-order valence-electron chi connectivity index (χ1n) is 8.24. The Morgan fingerprint density at radius 3 is 2.46 bits per heavy atom. The zero-order valence-corrected chi connectivity index (χ0v) is 14.5. The molecule has 0 amide bonds. The fourth-order valence-corrected chi connectivity index (χ4v) is 2.40. The van der Waals surface area contributed by atoms with Crippen LogP contribution in [0.4, 0.5) is 0 Å². The zero-order valence-electron chi connectivity index (χ0n) is 14.5. The normalized spacial score (nSPS) is 10.7. The SMILES string of the molecule is COC(=O)c1ccc(/C=C/c2ccccc2OCc2ccccc2)nc1. The Kier molecular flexibility index (Phi) is 5.78. The van der Waals surface area contributed by atoms with E-state index in [4.69, 9.17) is 4.74 Å². The molecule has 4 nitrogen and oxygen atoms in total. The number of nitrogens with zero attached hydrogens (tertiary/aromatic N) is 1. The Labute approximate surface area is 152 Å². The van der Waals surface area contributed by atoms with Crippen molar-refractivity contribution in [3.05, 3.63) is 95.3 Å². The lowest BCUT2D eigenvalue weighted by molar-refractivity contribution is 0.0600. The highest BCUT2D eigenvalue weighted by atomic mass is 16.5. The summed E-state index contributed by atoms with van der Waals surface area (Å²) in [5.41, 5.74) is 3.25. The molecular weight excluding hydrogens is 326 g/mol. The van der Waals surface area contributed by atoms with E-state index in [1.165, 1.54) is 13.3 Å². The third-order valence-corrected chi connectivity index (χ3v) is 3.80. The van der Waals surface area contributed by atoms with Gasteiger partial charge in [0.2, 0.25) is 0 Å². The molecule has 0 aliphatic carbocycles. The maximum absolute atomic E-state index is 11.4. The summed E-state index contributed by atoms with van der Waals surface area (Å²) >= 11 is 0. The second-order valence-electron chi connectivity index (χ2n) is 5.61. The Bertz CT molecular complexity index is 887. The highest BCUT2D eigenvalue weighted by Crippen LogP contribution is 2.21. The maximum Gasteiger partial charge on any atom is 0.339 e. The molecule has 26 heavy (non-hydrogen) atoms. The summed E-state index contributed by atoms with van der Waals surface area (Å²) in [6, 6.07) is 21.3. The smallest absolute Gasteiger partial charge is 0.339 e. The Morgan fingerprint density at radius 2 is 1.73 bits per heavy atom. The van der Waals surface area contributed by atoms with E-state index in [1.54, 1.807) is 12.1 Å². The van der Waals surface area contributed by atoms with Crippen molar-refractivity contribution in [2.24, 2.45) is 0 Å². The van der Waals surface area contributed by atoms with Gasteiger partial charge in [0.25, 0.3) is 0 Å². The van der Waals surface area contributed by atoms with E-state index in [2.05, 4.69) is 9.72 Å². The molecule has 3 rings (SSSR count). The quantitative estimate of drug-likeness (QED) is 0.612. The molecule has 0 atom stereocenters. The van der Waals surface area contributed by atoms with Gasteiger partial charge in [-0.15, -0.1) is 0 Å². The van der Waals surface area contributed by atoms with E-state index < -0.39 is 5.97 Å². The van der Waals surface area contributed by atoms with Gasteiger partial charge in [-0.2, -0.15) is 0 Å². The second-order valence-corrected chi connectivity index (χ2v) is 5.61. The zero-order chi connectivity index (χ0) is 18.2. The summed E-state index contributed by atoms with van der Waals surface area (Å²) in [6.07, 6.45) is 5.33. The minimum absolute atomic E-state index is 0.396. The third kappa shape index (κ3) is 4.57. The topological polar surface area (TPSA) is 48.4 Å². The van der Waals surface area contributed by atoms with Crippen LogP contribution in [-0.4, -0.2) is 18.1 Å². The standard InChI is InChI=1S/C22H19NO3/c1-25-22(24)19-12-14-20(23-15-19)13-11-18-9-5-6-10-21(18)26-16-17-7-3-2-4-8-17/h2-15H,16H2,1H3/b13-11+. The summed E-state index contributed by atoms with van der Waals surface area (Å²) in [4.78, 5) is 15.7. The number of pyridine rings is 1. The minimum atomic E-state index is -0.396. The van der Waals surface area contributed by atoms with Crippen molar-refractivity contribution < 1.29 is 14.3 Å². The predicted octanol–water partition coefficient (Wildman–Crippen LogP) is 4.62. The maximum atomic E-state index is 11.4. The van der Waals surface area contributed by atoms with Crippen LogP contribution in [0, 0.1) is 0 Å². The van der Waals surface area contributed by atoms with Gasteiger partial charge in [-0.1, -0.05) is 48.5 Å². The number of hydrogen-bond donors (Lipinski definition) is 0. The fraction of sp³-hybridized carbons (Fsp3) is 0.0909. The van der Waals surface area contributed by atoms with Crippen LogP contribution in [-0.2, 0) is 11.3 Å². The Hall–Kier alpha value is -3.40. The number of carbonyl (C=O) groups excluding carboxylic acids is 1. The van der Waals surface area contributed by atoms with Crippen molar-refractivity contribution in [1.29, 1.82) is 0 Å². The Balaban J connectivity index is 1.71. The second kappa shape index (κ2) is 8.62. The summed E-state index contributed by atoms with van der Waals surface area (Å²) in [5.74, 6) is 0.409. The first-order chi connectivity index (χ1) is 12.8. The van der Waals surface area contributed by atoms with E-state index in [1.807, 2.05) is 66.7 Å². The lowest BCUT2D eigenvalue weighted by Gasteiger charge is -2.09. The predicted molar refractivity (Wildman–Crippen MR) is 102 cm³/mol. The largest absolute Gasteiger partial charge is 0.488 e. The molecule has 4 heteroatoms. The van der Waals surface area contributed by atoms with E-state index in [-0.39, 0.29) is 0 Å². The molecule has 3 aromatic rings. The van der Waals surface area contributed by atoms with Crippen molar-refractivity contribution in [3.63, 3.8) is 0 Å². The number of para-hydroxylation sites is 1. The van der Waals surface area contributed by atoms with E-state index in [0.29, 0.717) is 12.2 Å². The summed E-state index contributed by atoms with van der Waals surface area (Å²) < 4.78 is 10.6. The number of ether oxygens (including phenoxy) is 2. The van der Waals surface area contributed by atoms with Gasteiger partial charge in [-0.25, -0.2) is 4.79 Å². The van der Waals surface area contributed by atoms with Crippen LogP contribution in [0.1, 0.15) is 27.2 Å². The lowest BCUT2D eigenvalue weighted by atomic mass is 10.1. The number of carbonyl (C=O) groups is 1. The Morgan fingerprint density at radius 1 is 0.962 bits per heavy atom. The molecule has 2 aromatic carbocycles. The van der Waals surface area contributed by atoms with Gasteiger partial charge >= 0.3 is 5.97 Å². The molecule has 0 spiro atoms. The molecule has 0 saturated carbocycles. The van der Waals surface area contributed by atoms with Gasteiger partial charge in [-0.3, -0.25) is 4.98 Å². The number of benzene rings is 2. The first-order valence-corrected chi connectivity index (χ1v) is 8.24. The summed E-state index contributed by atoms with van der Waals surface area (Å²) in [6.45, 7) is 0.512. The van der Waals surface area contributed by atoms with Crippen molar-refractivity contribution >= 4 is 18.1 Å². The molecule has 130 valence electrons. The number of esters is 1. The van der Waals surface area contributed by atoms with Crippen molar-refractivity contribution in [2.75, 3.05) is 7.11 Å². The molecule has 0 fully saturated rings. The van der Waals surface area contributed by atoms with Crippen LogP contribution in [0.3, 0.4) is 0 Å². The molecule has 0 radical (unpaired) electrons. The van der Waals surface area contributed by atoms with Crippen LogP contribution in [0.25, 0.3) is 12.2 Å². The van der Waals surface area contributed by atoms with Gasteiger partial charge in [0.1, 0.15) is 12.4 Å². The number of rotatable bonds is 6. The molecule has 1 aromatic heterocycles. The van der Waals surface area contributed by atoms with Gasteiger partial charge in [-0.05, 0) is 35.9 Å². The molecule has 1 heterocycles. The van der Waals surface area contributed by atoms with Crippen molar-refractivity contribution in [1.82, 2.24) is 4.98 Å². The van der Waals surface area contributed by atoms with Crippen LogP contribution in [0.15, 0.2) is 72.9 Å². The van der Waals surface area contributed by atoms with Gasteiger partial charge < -0.3 is 9.47 Å². The highest BCUT2D eigenvalue weighted by molar-refractivity contribution is 5.89. The van der Waals surface area contributed by atoms with E-state index in [0.717, 1.165) is 22.6 Å². The number of aromatic nitrogens is 1. The summed E-state index contributed by atoms with van der Waals surface area (Å²) in [5, 5.41) is 0. The highest BCUT2D eigenvalue weighted by Gasteiger charge is 2.05. The van der Waals surface area contributed by atoms with Crippen molar-refractivity contribution in [3.8, 4) is 5.75 Å². The lowest BCUT2D eigenvalue weighted by Crippen LogP contribution is -2.01. The van der Waals surface area contributed by atoms with Crippen LogP contribution < -0.4 is 4.74 Å². The van der Waals surface area contributed by atoms with E-state index >= 15 is 0 Å². The van der Waals surface area contributed by atoms with E-state index in [9.17, 15) is 4.79 Å². The van der Waals surface area contributed by atoms with Gasteiger partial charge in [0, 0.05) is 11.8 Å². The molecule has 0 N–H and O–H groups in total. The van der Waals surface area contributed by atoms with Crippen LogP contribution in [0.5, 0.6) is 5.75 Å². The molecule has 0 aliphatic rings. The van der Waals surface area contributed by atoms with Gasteiger partial charge in [0.15, 0.2) is 0 Å². The molecule has 0 unspecified atom stereocenters. The third-order valence-electron chi connectivity index (χ3n) is 3.80. The number of hydrogen-bond acceptors (Lipinski definition) is 4.